The largest absolute Gasteiger partial charge is 0.364 e. The van der Waals surface area contributed by atoms with E-state index in [0.29, 0.717) is 6.54 Å². The molecule has 19 heavy (non-hydrogen) atoms. The highest BCUT2D eigenvalue weighted by Crippen LogP contribution is 2.44. The summed E-state index contributed by atoms with van der Waals surface area (Å²) in [4.78, 5) is 14.5. The quantitative estimate of drug-likeness (QED) is 0.649. The molecule has 1 heterocycles. The molecule has 1 fully saturated rings. The summed E-state index contributed by atoms with van der Waals surface area (Å²) in [7, 11) is 0. The number of nitrogens with zero attached hydrogens (tertiary/aromatic N) is 3. The molecular weight excluding hydrogens is 244 g/mol. The number of hydrogen-bond acceptors (Lipinski definition) is 5. The first kappa shape index (κ1) is 13.3. The highest BCUT2D eigenvalue weighted by Gasteiger charge is 2.35. The smallest absolute Gasteiger partial charge is 0.328 e. The van der Waals surface area contributed by atoms with Crippen LogP contribution in [0.15, 0.2) is 12.3 Å². The number of nitrogens with one attached hydrogen (secondary N) is 1. The van der Waals surface area contributed by atoms with Crippen LogP contribution in [-0.4, -0.2) is 16.5 Å². The van der Waals surface area contributed by atoms with Gasteiger partial charge >= 0.3 is 5.69 Å². The Morgan fingerprint density at radius 2 is 2.37 bits per heavy atom. The molecular formula is C13H16N4O2. The molecule has 1 aliphatic carbocycles. The summed E-state index contributed by atoms with van der Waals surface area (Å²) in [6.45, 7) is 2.81. The molecule has 0 atom stereocenters. The molecule has 0 aliphatic heterocycles. The SMILES string of the molecule is CCC1(CNc2nccc(C#N)c2[N+](=O)[O-])CCC1. The van der Waals surface area contributed by atoms with Crippen molar-refractivity contribution in [3.8, 4) is 6.07 Å². The Labute approximate surface area is 111 Å². The summed E-state index contributed by atoms with van der Waals surface area (Å²) in [6.07, 6.45) is 5.97. The van der Waals surface area contributed by atoms with E-state index < -0.39 is 4.92 Å². The van der Waals surface area contributed by atoms with Gasteiger partial charge in [0.1, 0.15) is 11.6 Å². The maximum atomic E-state index is 11.1. The van der Waals surface area contributed by atoms with E-state index in [4.69, 9.17) is 5.26 Å². The average molecular weight is 260 g/mol. The van der Waals surface area contributed by atoms with Crippen LogP contribution in [0.2, 0.25) is 0 Å². The van der Waals surface area contributed by atoms with E-state index in [9.17, 15) is 10.1 Å². The summed E-state index contributed by atoms with van der Waals surface area (Å²) < 4.78 is 0. The summed E-state index contributed by atoms with van der Waals surface area (Å²) in [5.74, 6) is 0.198. The van der Waals surface area contributed by atoms with Crippen molar-refractivity contribution in [1.29, 1.82) is 5.26 Å². The van der Waals surface area contributed by atoms with Gasteiger partial charge < -0.3 is 5.32 Å². The van der Waals surface area contributed by atoms with Crippen LogP contribution in [-0.2, 0) is 0 Å². The number of anilines is 1. The van der Waals surface area contributed by atoms with E-state index in [0.717, 1.165) is 19.3 Å². The van der Waals surface area contributed by atoms with Gasteiger partial charge in [0.2, 0.25) is 5.82 Å². The molecule has 0 amide bonds. The fourth-order valence-electron chi connectivity index (χ4n) is 2.46. The molecule has 0 radical (unpaired) electrons. The number of aromatic nitrogens is 1. The first-order valence-corrected chi connectivity index (χ1v) is 6.39. The number of rotatable bonds is 5. The monoisotopic (exact) mass is 260 g/mol. The van der Waals surface area contributed by atoms with Gasteiger partial charge in [0.25, 0.3) is 0 Å². The minimum Gasteiger partial charge on any atom is -0.364 e. The van der Waals surface area contributed by atoms with E-state index in [-0.39, 0.29) is 22.5 Å². The van der Waals surface area contributed by atoms with Crippen molar-refractivity contribution in [3.63, 3.8) is 0 Å². The molecule has 1 aromatic rings. The molecule has 0 saturated heterocycles. The van der Waals surface area contributed by atoms with Crippen molar-refractivity contribution < 1.29 is 4.92 Å². The lowest BCUT2D eigenvalue weighted by Gasteiger charge is -2.41. The van der Waals surface area contributed by atoms with Crippen LogP contribution in [0.5, 0.6) is 0 Å². The van der Waals surface area contributed by atoms with Crippen molar-refractivity contribution in [2.75, 3.05) is 11.9 Å². The molecule has 1 aromatic heterocycles. The van der Waals surface area contributed by atoms with Gasteiger partial charge in [-0.05, 0) is 30.7 Å². The van der Waals surface area contributed by atoms with E-state index in [1.54, 1.807) is 0 Å². The summed E-state index contributed by atoms with van der Waals surface area (Å²) in [6, 6.07) is 3.20. The van der Waals surface area contributed by atoms with Crippen LogP contribution < -0.4 is 5.32 Å². The zero-order valence-corrected chi connectivity index (χ0v) is 10.8. The van der Waals surface area contributed by atoms with Gasteiger partial charge in [0, 0.05) is 12.7 Å². The van der Waals surface area contributed by atoms with E-state index in [1.807, 2.05) is 6.07 Å². The van der Waals surface area contributed by atoms with E-state index in [2.05, 4.69) is 17.2 Å². The normalized spacial score (nSPS) is 16.2. The highest BCUT2D eigenvalue weighted by atomic mass is 16.6. The fraction of sp³-hybridized carbons (Fsp3) is 0.538. The molecule has 100 valence electrons. The van der Waals surface area contributed by atoms with Crippen LogP contribution in [0.3, 0.4) is 0 Å². The first-order valence-electron chi connectivity index (χ1n) is 6.39. The minimum atomic E-state index is -0.548. The Kier molecular flexibility index (Phi) is 3.65. The number of hydrogen-bond donors (Lipinski definition) is 1. The fourth-order valence-corrected chi connectivity index (χ4v) is 2.46. The molecule has 1 aliphatic rings. The molecule has 0 bridgehead atoms. The van der Waals surface area contributed by atoms with Crippen LogP contribution in [0, 0.1) is 26.9 Å². The minimum absolute atomic E-state index is 0.0432. The Hall–Kier alpha value is -2.16. The lowest BCUT2D eigenvalue weighted by atomic mass is 9.67. The lowest BCUT2D eigenvalue weighted by Crippen LogP contribution is -2.36. The van der Waals surface area contributed by atoms with E-state index in [1.165, 1.54) is 18.7 Å². The second kappa shape index (κ2) is 5.22. The van der Waals surface area contributed by atoms with Crippen molar-refractivity contribution in [1.82, 2.24) is 4.98 Å². The second-order valence-electron chi connectivity index (χ2n) is 4.99. The van der Waals surface area contributed by atoms with Crippen LogP contribution in [0.1, 0.15) is 38.2 Å². The molecule has 0 aromatic carbocycles. The number of pyridine rings is 1. The standard InChI is InChI=1S/C13H16N4O2/c1-2-13(5-3-6-13)9-16-12-11(17(18)19)10(8-14)4-7-15-12/h4,7H,2-3,5-6,9H2,1H3,(H,15,16). The Balaban J connectivity index is 2.21. The zero-order chi connectivity index (χ0) is 13.9. The van der Waals surface area contributed by atoms with Crippen LogP contribution in [0.4, 0.5) is 11.5 Å². The van der Waals surface area contributed by atoms with Gasteiger partial charge in [0.05, 0.1) is 4.92 Å². The molecule has 0 unspecified atom stereocenters. The van der Waals surface area contributed by atoms with Crippen molar-refractivity contribution in [2.24, 2.45) is 5.41 Å². The predicted molar refractivity (Wildman–Crippen MR) is 70.7 cm³/mol. The molecule has 2 rings (SSSR count). The molecule has 0 spiro atoms. The Morgan fingerprint density at radius 1 is 1.63 bits per heavy atom. The Morgan fingerprint density at radius 3 is 2.84 bits per heavy atom. The van der Waals surface area contributed by atoms with Crippen molar-refractivity contribution >= 4 is 11.5 Å². The van der Waals surface area contributed by atoms with Crippen LogP contribution in [0.25, 0.3) is 0 Å². The summed E-state index contributed by atoms with van der Waals surface area (Å²) in [5.41, 5.74) is 0.0512. The maximum absolute atomic E-state index is 11.1. The van der Waals surface area contributed by atoms with Gasteiger partial charge in [0.15, 0.2) is 0 Å². The molecule has 6 heteroatoms. The van der Waals surface area contributed by atoms with Gasteiger partial charge in [-0.3, -0.25) is 10.1 Å². The number of nitriles is 1. The second-order valence-corrected chi connectivity index (χ2v) is 4.99. The highest BCUT2D eigenvalue weighted by molar-refractivity contribution is 5.64. The molecule has 1 saturated carbocycles. The third-order valence-electron chi connectivity index (χ3n) is 4.02. The summed E-state index contributed by atoms with van der Waals surface area (Å²) in [5, 5.41) is 23.0. The van der Waals surface area contributed by atoms with Gasteiger partial charge in [-0.25, -0.2) is 4.98 Å². The first-order chi connectivity index (χ1) is 9.12. The lowest BCUT2D eigenvalue weighted by molar-refractivity contribution is -0.384. The summed E-state index contributed by atoms with van der Waals surface area (Å²) >= 11 is 0. The molecule has 6 nitrogen and oxygen atoms in total. The zero-order valence-electron chi connectivity index (χ0n) is 10.8. The maximum Gasteiger partial charge on any atom is 0.328 e. The van der Waals surface area contributed by atoms with Gasteiger partial charge in [-0.1, -0.05) is 13.3 Å². The van der Waals surface area contributed by atoms with Crippen LogP contribution >= 0.6 is 0 Å². The van der Waals surface area contributed by atoms with Crippen molar-refractivity contribution in [2.45, 2.75) is 32.6 Å². The Bertz CT molecular complexity index is 526. The van der Waals surface area contributed by atoms with Gasteiger partial charge in [-0.15, -0.1) is 0 Å². The van der Waals surface area contributed by atoms with Gasteiger partial charge in [-0.2, -0.15) is 5.26 Å². The van der Waals surface area contributed by atoms with Crippen molar-refractivity contribution in [3.05, 3.63) is 27.9 Å². The predicted octanol–water partition coefficient (Wildman–Crippen LogP) is 2.85. The third kappa shape index (κ3) is 2.50. The number of nitro groups is 1. The topological polar surface area (TPSA) is 91.8 Å². The average Bonchev–Trinajstić information content (AvgIpc) is 2.37. The van der Waals surface area contributed by atoms with E-state index >= 15 is 0 Å². The third-order valence-corrected chi connectivity index (χ3v) is 4.02. The molecule has 1 N–H and O–H groups in total.